The molecule has 1 aliphatic rings. The third kappa shape index (κ3) is 4.54. The van der Waals surface area contributed by atoms with Crippen molar-refractivity contribution in [2.24, 2.45) is 0 Å². The summed E-state index contributed by atoms with van der Waals surface area (Å²) in [5.41, 5.74) is 2.69. The van der Waals surface area contributed by atoms with Crippen LogP contribution in [0.15, 0.2) is 48.7 Å². The van der Waals surface area contributed by atoms with Gasteiger partial charge in [-0.05, 0) is 68.7 Å². The fourth-order valence-corrected chi connectivity index (χ4v) is 3.97. The molecule has 0 unspecified atom stereocenters. The topological polar surface area (TPSA) is 50.2 Å². The zero-order valence-electron chi connectivity index (χ0n) is 15.9. The van der Waals surface area contributed by atoms with Crippen molar-refractivity contribution in [3.05, 3.63) is 64.8 Å². The van der Waals surface area contributed by atoms with Crippen molar-refractivity contribution in [3.63, 3.8) is 0 Å². The van der Waals surface area contributed by atoms with E-state index in [-0.39, 0.29) is 5.91 Å². The van der Waals surface area contributed by atoms with Gasteiger partial charge in [-0.15, -0.1) is 0 Å². The Hall–Kier alpha value is -2.37. The number of hydrogen-bond acceptors (Lipinski definition) is 3. The number of fused-ring (bicyclic) bond motifs is 1. The van der Waals surface area contributed by atoms with Crippen LogP contribution in [-0.2, 0) is 6.54 Å². The van der Waals surface area contributed by atoms with Gasteiger partial charge in [-0.3, -0.25) is 9.48 Å². The number of halogens is 1. The number of nitrogens with one attached hydrogen (secondary N) is 1. The highest BCUT2D eigenvalue weighted by Gasteiger charge is 2.12. The van der Waals surface area contributed by atoms with Crippen molar-refractivity contribution < 1.29 is 4.79 Å². The average molecular weight is 397 g/mol. The maximum atomic E-state index is 12.5. The van der Waals surface area contributed by atoms with Crippen LogP contribution < -0.4 is 5.32 Å². The molecular formula is C22H25ClN4O. The van der Waals surface area contributed by atoms with Crippen LogP contribution in [0.1, 0.15) is 35.2 Å². The molecule has 28 heavy (non-hydrogen) atoms. The third-order valence-electron chi connectivity index (χ3n) is 5.26. The number of nitrogens with zero attached hydrogens (tertiary/aromatic N) is 3. The fourth-order valence-electron chi connectivity index (χ4n) is 3.76. The van der Waals surface area contributed by atoms with Crippen LogP contribution in [0.25, 0.3) is 10.9 Å². The summed E-state index contributed by atoms with van der Waals surface area (Å²) in [6, 6.07) is 13.5. The Morgan fingerprint density at radius 2 is 2.00 bits per heavy atom. The minimum Gasteiger partial charge on any atom is -0.352 e. The zero-order chi connectivity index (χ0) is 19.3. The van der Waals surface area contributed by atoms with Crippen molar-refractivity contribution in [2.45, 2.75) is 25.8 Å². The van der Waals surface area contributed by atoms with Crippen LogP contribution >= 0.6 is 11.6 Å². The van der Waals surface area contributed by atoms with Gasteiger partial charge in [0.25, 0.3) is 5.91 Å². The second kappa shape index (κ2) is 8.76. The van der Waals surface area contributed by atoms with Gasteiger partial charge < -0.3 is 10.2 Å². The summed E-state index contributed by atoms with van der Waals surface area (Å²) in [4.78, 5) is 15.0. The third-order valence-corrected chi connectivity index (χ3v) is 5.50. The van der Waals surface area contributed by atoms with E-state index in [2.05, 4.69) is 15.3 Å². The molecule has 0 saturated carbocycles. The summed E-state index contributed by atoms with van der Waals surface area (Å²) >= 11 is 6.09. The summed E-state index contributed by atoms with van der Waals surface area (Å²) in [6.07, 6.45) is 5.42. The molecule has 4 rings (SSSR count). The molecule has 1 fully saturated rings. The number of amides is 1. The van der Waals surface area contributed by atoms with E-state index in [0.717, 1.165) is 29.4 Å². The smallest absolute Gasteiger partial charge is 0.251 e. The first kappa shape index (κ1) is 19.0. The first-order valence-corrected chi connectivity index (χ1v) is 10.3. The van der Waals surface area contributed by atoms with E-state index in [9.17, 15) is 4.79 Å². The maximum Gasteiger partial charge on any atom is 0.251 e. The summed E-state index contributed by atoms with van der Waals surface area (Å²) in [5, 5.41) is 9.25. The van der Waals surface area contributed by atoms with Gasteiger partial charge in [0.15, 0.2) is 0 Å². The number of likely N-dealkylation sites (tertiary alicyclic amines) is 1. The molecule has 0 atom stereocenters. The highest BCUT2D eigenvalue weighted by Crippen LogP contribution is 2.19. The van der Waals surface area contributed by atoms with Gasteiger partial charge in [0.05, 0.1) is 18.3 Å². The lowest BCUT2D eigenvalue weighted by Crippen LogP contribution is -2.28. The lowest BCUT2D eigenvalue weighted by atomic mass is 10.1. The van der Waals surface area contributed by atoms with E-state index in [4.69, 9.17) is 11.6 Å². The number of carbonyl (C=O) groups excluding carboxylic acids is 1. The van der Waals surface area contributed by atoms with Gasteiger partial charge in [0.1, 0.15) is 0 Å². The first-order chi connectivity index (χ1) is 13.7. The molecule has 2 aromatic carbocycles. The molecule has 6 heteroatoms. The zero-order valence-corrected chi connectivity index (χ0v) is 16.7. The highest BCUT2D eigenvalue weighted by molar-refractivity contribution is 6.30. The van der Waals surface area contributed by atoms with Crippen LogP contribution in [-0.4, -0.2) is 46.8 Å². The van der Waals surface area contributed by atoms with Crippen LogP contribution in [0.2, 0.25) is 5.02 Å². The van der Waals surface area contributed by atoms with Crippen molar-refractivity contribution in [1.82, 2.24) is 20.0 Å². The van der Waals surface area contributed by atoms with Crippen LogP contribution in [0, 0.1) is 0 Å². The number of benzene rings is 2. The Labute approximate surface area is 170 Å². The van der Waals surface area contributed by atoms with Crippen molar-refractivity contribution in [2.75, 3.05) is 26.2 Å². The molecule has 0 bridgehead atoms. The Morgan fingerprint density at radius 3 is 2.82 bits per heavy atom. The molecule has 1 N–H and O–H groups in total. The Bertz CT molecular complexity index is 962. The van der Waals surface area contributed by atoms with Crippen molar-refractivity contribution >= 4 is 28.4 Å². The maximum absolute atomic E-state index is 12.5. The standard InChI is InChI=1S/C22H25ClN4O/c23-20-6-3-5-17(13-20)16-27-21-14-18(7-8-19(21)15-25-27)22(28)24-9-4-12-26-10-1-2-11-26/h3,5-8,13-15H,1-2,4,9-12,16H2,(H,24,28). The monoisotopic (exact) mass is 396 g/mol. The van der Waals surface area contributed by atoms with Crippen LogP contribution in [0.4, 0.5) is 0 Å². The van der Waals surface area contributed by atoms with E-state index in [1.165, 1.54) is 25.9 Å². The summed E-state index contributed by atoms with van der Waals surface area (Å²) in [5.74, 6) is -0.0289. The molecular weight excluding hydrogens is 372 g/mol. The van der Waals surface area contributed by atoms with E-state index < -0.39 is 0 Å². The van der Waals surface area contributed by atoms with Gasteiger partial charge in [-0.2, -0.15) is 5.10 Å². The molecule has 1 aliphatic heterocycles. The molecule has 0 radical (unpaired) electrons. The number of aromatic nitrogens is 2. The molecule has 0 spiro atoms. The van der Waals surface area contributed by atoms with E-state index in [1.54, 1.807) is 0 Å². The second-order valence-electron chi connectivity index (χ2n) is 7.36. The largest absolute Gasteiger partial charge is 0.352 e. The number of hydrogen-bond donors (Lipinski definition) is 1. The summed E-state index contributed by atoms with van der Waals surface area (Å²) in [7, 11) is 0. The molecule has 146 valence electrons. The number of rotatable bonds is 7. The number of carbonyl (C=O) groups is 1. The summed E-state index contributed by atoms with van der Waals surface area (Å²) in [6.45, 7) is 4.77. The van der Waals surface area contributed by atoms with E-state index in [0.29, 0.717) is 23.7 Å². The van der Waals surface area contributed by atoms with Gasteiger partial charge in [-0.25, -0.2) is 0 Å². The molecule has 1 aromatic heterocycles. The molecule has 5 nitrogen and oxygen atoms in total. The molecule has 1 saturated heterocycles. The van der Waals surface area contributed by atoms with Crippen LogP contribution in [0.5, 0.6) is 0 Å². The Morgan fingerprint density at radius 1 is 1.14 bits per heavy atom. The van der Waals surface area contributed by atoms with Gasteiger partial charge in [0.2, 0.25) is 0 Å². The predicted octanol–water partition coefficient (Wildman–Crippen LogP) is 3.95. The molecule has 2 heterocycles. The Balaban J connectivity index is 1.40. The quantitative estimate of drug-likeness (QED) is 0.615. The van der Waals surface area contributed by atoms with Crippen molar-refractivity contribution in [3.8, 4) is 0 Å². The summed E-state index contributed by atoms with van der Waals surface area (Å²) < 4.78 is 1.91. The molecule has 3 aromatic rings. The van der Waals surface area contributed by atoms with E-state index in [1.807, 2.05) is 53.3 Å². The van der Waals surface area contributed by atoms with Crippen LogP contribution in [0.3, 0.4) is 0 Å². The SMILES string of the molecule is O=C(NCCCN1CCCC1)c1ccc2cnn(Cc3cccc(Cl)c3)c2c1. The molecule has 0 aliphatic carbocycles. The van der Waals surface area contributed by atoms with E-state index >= 15 is 0 Å². The lowest BCUT2D eigenvalue weighted by Gasteiger charge is -2.14. The minimum atomic E-state index is -0.0289. The second-order valence-corrected chi connectivity index (χ2v) is 7.80. The molecule has 1 amide bonds. The fraction of sp³-hybridized carbons (Fsp3) is 0.364. The highest BCUT2D eigenvalue weighted by atomic mass is 35.5. The first-order valence-electron chi connectivity index (χ1n) is 9.90. The van der Waals surface area contributed by atoms with Crippen molar-refractivity contribution in [1.29, 1.82) is 0 Å². The Kier molecular flexibility index (Phi) is 5.93. The lowest BCUT2D eigenvalue weighted by molar-refractivity contribution is 0.0952. The average Bonchev–Trinajstić information content (AvgIpc) is 3.35. The van der Waals surface area contributed by atoms with Gasteiger partial charge >= 0.3 is 0 Å². The predicted molar refractivity (Wildman–Crippen MR) is 113 cm³/mol. The minimum absolute atomic E-state index is 0.0289. The van der Waals surface area contributed by atoms with Gasteiger partial charge in [-0.1, -0.05) is 29.8 Å². The normalized spacial score (nSPS) is 14.6. The van der Waals surface area contributed by atoms with Gasteiger partial charge in [0, 0.05) is 22.5 Å².